The molecule has 0 N–H and O–H groups in total. The Bertz CT molecular complexity index is 448. The highest BCUT2D eigenvalue weighted by Gasteiger charge is 2.18. The summed E-state index contributed by atoms with van der Waals surface area (Å²) in [4.78, 5) is 0.232. The molecule has 0 heterocycles. The molecule has 1 aromatic rings. The maximum atomic E-state index is 12.0. The van der Waals surface area contributed by atoms with E-state index in [0.29, 0.717) is 0 Å². The number of hydrogen-bond donors (Lipinski definition) is 0. The molecular weight excluding hydrogens is 248 g/mol. The van der Waals surface area contributed by atoms with Gasteiger partial charge < -0.3 is 0 Å². The number of unbranched alkanes of at least 4 members (excludes halogenated alkanes) is 2. The van der Waals surface area contributed by atoms with Gasteiger partial charge in [-0.15, -0.1) is 0 Å². The molecule has 0 radical (unpaired) electrons. The topological polar surface area (TPSA) is 43.4 Å². The van der Waals surface area contributed by atoms with Crippen LogP contribution in [0.15, 0.2) is 29.2 Å². The van der Waals surface area contributed by atoms with Crippen molar-refractivity contribution >= 4 is 10.1 Å². The van der Waals surface area contributed by atoms with Gasteiger partial charge in [-0.25, -0.2) is 0 Å². The van der Waals surface area contributed by atoms with Crippen LogP contribution in [0.2, 0.25) is 0 Å². The molecule has 0 aliphatic carbocycles. The van der Waals surface area contributed by atoms with E-state index in [-0.39, 0.29) is 11.0 Å². The van der Waals surface area contributed by atoms with Gasteiger partial charge in [-0.3, -0.25) is 4.18 Å². The average molecular weight is 270 g/mol. The van der Waals surface area contributed by atoms with Crippen molar-refractivity contribution in [1.29, 1.82) is 0 Å². The van der Waals surface area contributed by atoms with E-state index < -0.39 is 10.1 Å². The first-order chi connectivity index (χ1) is 8.45. The fourth-order valence-electron chi connectivity index (χ4n) is 1.71. The van der Waals surface area contributed by atoms with Crippen molar-refractivity contribution in [1.82, 2.24) is 0 Å². The highest BCUT2D eigenvalue weighted by atomic mass is 32.2. The van der Waals surface area contributed by atoms with Crippen LogP contribution >= 0.6 is 0 Å². The molecule has 0 aromatic heterocycles. The van der Waals surface area contributed by atoms with Crippen molar-refractivity contribution in [2.75, 3.05) is 0 Å². The maximum Gasteiger partial charge on any atom is 0.297 e. The van der Waals surface area contributed by atoms with Gasteiger partial charge in [0.2, 0.25) is 0 Å². The summed E-state index contributed by atoms with van der Waals surface area (Å²) in [7, 11) is -3.61. The van der Waals surface area contributed by atoms with Gasteiger partial charge in [-0.2, -0.15) is 8.42 Å². The van der Waals surface area contributed by atoms with E-state index in [1.165, 1.54) is 0 Å². The largest absolute Gasteiger partial charge is 0.297 e. The first-order valence-corrected chi connectivity index (χ1v) is 7.86. The van der Waals surface area contributed by atoms with Gasteiger partial charge in [0, 0.05) is 0 Å². The predicted molar refractivity (Wildman–Crippen MR) is 73.1 cm³/mol. The molecule has 3 nitrogen and oxygen atoms in total. The molecule has 0 fully saturated rings. The van der Waals surface area contributed by atoms with Gasteiger partial charge in [0.25, 0.3) is 10.1 Å². The second kappa shape index (κ2) is 6.90. The van der Waals surface area contributed by atoms with Crippen molar-refractivity contribution in [3.05, 3.63) is 29.8 Å². The van der Waals surface area contributed by atoms with E-state index in [2.05, 4.69) is 6.92 Å². The summed E-state index contributed by atoms with van der Waals surface area (Å²) < 4.78 is 29.1. The van der Waals surface area contributed by atoms with Gasteiger partial charge in [0.15, 0.2) is 0 Å². The Morgan fingerprint density at radius 3 is 2.33 bits per heavy atom. The molecule has 0 spiro atoms. The zero-order valence-corrected chi connectivity index (χ0v) is 12.2. The van der Waals surface area contributed by atoms with Crippen molar-refractivity contribution in [3.63, 3.8) is 0 Å². The van der Waals surface area contributed by atoms with Gasteiger partial charge in [-0.05, 0) is 32.4 Å². The Hall–Kier alpha value is -0.870. The molecule has 0 amide bonds. The molecule has 0 saturated heterocycles. The van der Waals surface area contributed by atoms with Crippen LogP contribution in [-0.2, 0) is 14.3 Å². The van der Waals surface area contributed by atoms with Crippen LogP contribution in [-0.4, -0.2) is 14.5 Å². The van der Waals surface area contributed by atoms with Crippen LogP contribution in [0, 0.1) is 6.92 Å². The molecule has 1 rings (SSSR count). The summed E-state index contributed by atoms with van der Waals surface area (Å²) in [5.74, 6) is 0. The van der Waals surface area contributed by atoms with Crippen molar-refractivity contribution in [3.8, 4) is 0 Å². The molecule has 4 heteroatoms. The highest BCUT2D eigenvalue weighted by molar-refractivity contribution is 7.86. The lowest BCUT2D eigenvalue weighted by Gasteiger charge is -2.12. The lowest BCUT2D eigenvalue weighted by atomic mass is 10.1. The Balaban J connectivity index is 2.61. The van der Waals surface area contributed by atoms with Crippen LogP contribution < -0.4 is 0 Å². The van der Waals surface area contributed by atoms with Crippen LogP contribution in [0.3, 0.4) is 0 Å². The second-order valence-electron chi connectivity index (χ2n) is 4.67. The van der Waals surface area contributed by atoms with Crippen LogP contribution in [0.5, 0.6) is 0 Å². The summed E-state index contributed by atoms with van der Waals surface area (Å²) in [6.45, 7) is 5.85. The Morgan fingerprint density at radius 1 is 1.17 bits per heavy atom. The fraction of sp³-hybridized carbons (Fsp3) is 0.571. The fourth-order valence-corrected chi connectivity index (χ4v) is 2.82. The van der Waals surface area contributed by atoms with E-state index in [4.69, 9.17) is 4.18 Å². The lowest BCUT2D eigenvalue weighted by molar-refractivity contribution is 0.214. The minimum atomic E-state index is -3.61. The van der Waals surface area contributed by atoms with Crippen LogP contribution in [0.25, 0.3) is 0 Å². The molecule has 0 aliphatic heterocycles. The minimum absolute atomic E-state index is 0.232. The summed E-state index contributed by atoms with van der Waals surface area (Å²) in [5.41, 5.74) is 1.03. The first-order valence-electron chi connectivity index (χ1n) is 6.45. The Morgan fingerprint density at radius 2 is 1.78 bits per heavy atom. The van der Waals surface area contributed by atoms with Crippen molar-refractivity contribution < 1.29 is 12.6 Å². The van der Waals surface area contributed by atoms with Crippen LogP contribution in [0.4, 0.5) is 0 Å². The number of aryl methyl sites for hydroxylation is 1. The Kier molecular flexibility index (Phi) is 5.82. The predicted octanol–water partition coefficient (Wildman–Crippen LogP) is 3.67. The zero-order chi connectivity index (χ0) is 13.6. The molecule has 1 atom stereocenters. The molecule has 0 saturated carbocycles. The first kappa shape index (κ1) is 15.2. The zero-order valence-electron chi connectivity index (χ0n) is 11.3. The Labute approximate surface area is 110 Å². The molecule has 0 bridgehead atoms. The van der Waals surface area contributed by atoms with Gasteiger partial charge in [0.05, 0.1) is 11.0 Å². The smallest absolute Gasteiger partial charge is 0.263 e. The highest BCUT2D eigenvalue weighted by Crippen LogP contribution is 2.17. The summed E-state index contributed by atoms with van der Waals surface area (Å²) in [6.07, 6.45) is 3.75. The number of hydrogen-bond acceptors (Lipinski definition) is 3. The van der Waals surface area contributed by atoms with E-state index in [0.717, 1.165) is 31.2 Å². The van der Waals surface area contributed by atoms with Gasteiger partial charge >= 0.3 is 0 Å². The standard InChI is InChI=1S/C14H22O3S/c1-4-5-6-7-13(3)17-18(15,16)14-10-8-12(2)9-11-14/h8-11,13H,4-7H2,1-3H3/t13-/m1/s1. The van der Waals surface area contributed by atoms with E-state index in [9.17, 15) is 8.42 Å². The monoisotopic (exact) mass is 270 g/mol. The maximum absolute atomic E-state index is 12.0. The van der Waals surface area contributed by atoms with Crippen LogP contribution in [0.1, 0.15) is 45.1 Å². The summed E-state index contributed by atoms with van der Waals surface area (Å²) in [6, 6.07) is 6.73. The van der Waals surface area contributed by atoms with Crippen molar-refractivity contribution in [2.24, 2.45) is 0 Å². The average Bonchev–Trinajstić information content (AvgIpc) is 2.29. The van der Waals surface area contributed by atoms with Crippen molar-refractivity contribution in [2.45, 2.75) is 57.5 Å². The molecule has 0 aliphatic rings. The van der Waals surface area contributed by atoms with E-state index >= 15 is 0 Å². The normalized spacial score (nSPS) is 13.5. The lowest BCUT2D eigenvalue weighted by Crippen LogP contribution is -2.15. The van der Waals surface area contributed by atoms with E-state index in [1.54, 1.807) is 31.2 Å². The molecule has 102 valence electrons. The molecule has 18 heavy (non-hydrogen) atoms. The van der Waals surface area contributed by atoms with E-state index in [1.807, 2.05) is 6.92 Å². The van der Waals surface area contributed by atoms with Gasteiger partial charge in [-0.1, -0.05) is 43.9 Å². The van der Waals surface area contributed by atoms with Gasteiger partial charge in [0.1, 0.15) is 0 Å². The summed E-state index contributed by atoms with van der Waals surface area (Å²) >= 11 is 0. The minimum Gasteiger partial charge on any atom is -0.263 e. The third kappa shape index (κ3) is 4.78. The number of rotatable bonds is 7. The third-order valence-corrected chi connectivity index (χ3v) is 4.25. The quantitative estimate of drug-likeness (QED) is 0.561. The SMILES string of the molecule is CCCCC[C@@H](C)OS(=O)(=O)c1ccc(C)cc1. The summed E-state index contributed by atoms with van der Waals surface area (Å²) in [5, 5.41) is 0. The number of benzene rings is 1. The molecule has 1 aromatic carbocycles. The third-order valence-electron chi connectivity index (χ3n) is 2.81. The molecule has 0 unspecified atom stereocenters. The molecular formula is C14H22O3S. The second-order valence-corrected chi connectivity index (χ2v) is 6.24.